The van der Waals surface area contributed by atoms with E-state index >= 15 is 0 Å². The summed E-state index contributed by atoms with van der Waals surface area (Å²) >= 11 is 0. The molecule has 0 radical (unpaired) electrons. The molecule has 0 bridgehead atoms. The van der Waals surface area contributed by atoms with Gasteiger partial charge in [-0.2, -0.15) is 0 Å². The van der Waals surface area contributed by atoms with Crippen LogP contribution in [0.25, 0.3) is 22.2 Å². The van der Waals surface area contributed by atoms with Gasteiger partial charge in [-0.15, -0.1) is 0 Å². The SMILES string of the molecule is Cc1cc(C)cc(NC(=O)c2ccc3noc(-c4ccc(F)cc4)c3c2)c1. The highest BCUT2D eigenvalue weighted by molar-refractivity contribution is 6.07. The van der Waals surface area contributed by atoms with Crippen LogP contribution in [0.4, 0.5) is 10.1 Å². The number of carbonyl (C=O) groups excluding carboxylic acids is 1. The summed E-state index contributed by atoms with van der Waals surface area (Å²) in [7, 11) is 0. The van der Waals surface area contributed by atoms with Gasteiger partial charge in [0.2, 0.25) is 0 Å². The van der Waals surface area contributed by atoms with E-state index in [1.54, 1.807) is 30.3 Å². The van der Waals surface area contributed by atoms with Crippen LogP contribution in [-0.2, 0) is 0 Å². The molecule has 134 valence electrons. The summed E-state index contributed by atoms with van der Waals surface area (Å²) in [4.78, 5) is 12.7. The molecule has 0 aliphatic rings. The lowest BCUT2D eigenvalue weighted by Crippen LogP contribution is -2.12. The van der Waals surface area contributed by atoms with Crippen LogP contribution < -0.4 is 5.32 Å². The predicted molar refractivity (Wildman–Crippen MR) is 103 cm³/mol. The van der Waals surface area contributed by atoms with Crippen molar-refractivity contribution in [3.8, 4) is 11.3 Å². The van der Waals surface area contributed by atoms with E-state index in [0.29, 0.717) is 27.8 Å². The van der Waals surface area contributed by atoms with Crippen LogP contribution in [0.2, 0.25) is 0 Å². The molecule has 0 saturated heterocycles. The Balaban J connectivity index is 1.69. The molecule has 1 N–H and O–H groups in total. The summed E-state index contributed by atoms with van der Waals surface area (Å²) in [6, 6.07) is 17.0. The quantitative estimate of drug-likeness (QED) is 0.525. The number of aryl methyl sites for hydroxylation is 2. The molecule has 0 spiro atoms. The lowest BCUT2D eigenvalue weighted by molar-refractivity contribution is 0.102. The van der Waals surface area contributed by atoms with Crippen molar-refractivity contribution in [3.05, 3.63) is 83.2 Å². The Kier molecular flexibility index (Phi) is 4.20. The van der Waals surface area contributed by atoms with Crippen LogP contribution in [0.5, 0.6) is 0 Å². The number of anilines is 1. The first-order chi connectivity index (χ1) is 13.0. The van der Waals surface area contributed by atoms with E-state index in [-0.39, 0.29) is 11.7 Å². The first-order valence-electron chi connectivity index (χ1n) is 8.54. The van der Waals surface area contributed by atoms with Gasteiger partial charge < -0.3 is 9.84 Å². The van der Waals surface area contributed by atoms with E-state index in [9.17, 15) is 9.18 Å². The van der Waals surface area contributed by atoms with E-state index in [1.807, 2.05) is 32.0 Å². The highest BCUT2D eigenvalue weighted by atomic mass is 19.1. The molecule has 27 heavy (non-hydrogen) atoms. The van der Waals surface area contributed by atoms with Crippen molar-refractivity contribution >= 4 is 22.5 Å². The van der Waals surface area contributed by atoms with Crippen LogP contribution in [0.1, 0.15) is 21.5 Å². The molecule has 1 aromatic heterocycles. The zero-order valence-corrected chi connectivity index (χ0v) is 14.9. The number of benzene rings is 3. The maximum absolute atomic E-state index is 13.2. The third-order valence-corrected chi connectivity index (χ3v) is 4.32. The standard InChI is InChI=1S/C22H17FN2O2/c1-13-9-14(2)11-18(10-13)24-22(26)16-5-8-20-19(12-16)21(27-25-20)15-3-6-17(23)7-4-15/h3-12H,1-2H3,(H,24,26). The normalized spacial score (nSPS) is 10.9. The smallest absolute Gasteiger partial charge is 0.255 e. The Labute approximate surface area is 155 Å². The molecule has 1 heterocycles. The summed E-state index contributed by atoms with van der Waals surface area (Å²) in [5, 5.41) is 7.65. The number of halogens is 1. The van der Waals surface area contributed by atoms with Gasteiger partial charge in [0, 0.05) is 16.8 Å². The molecular weight excluding hydrogens is 343 g/mol. The van der Waals surface area contributed by atoms with Crippen molar-refractivity contribution in [2.75, 3.05) is 5.32 Å². The molecule has 5 heteroatoms. The Morgan fingerprint density at radius 2 is 1.67 bits per heavy atom. The minimum atomic E-state index is -0.323. The summed E-state index contributed by atoms with van der Waals surface area (Å²) in [6.45, 7) is 3.97. The largest absolute Gasteiger partial charge is 0.355 e. The lowest BCUT2D eigenvalue weighted by atomic mass is 10.1. The minimum absolute atomic E-state index is 0.215. The zero-order chi connectivity index (χ0) is 19.0. The third-order valence-electron chi connectivity index (χ3n) is 4.32. The van der Waals surface area contributed by atoms with E-state index in [0.717, 1.165) is 16.8 Å². The number of aromatic nitrogens is 1. The number of nitrogens with zero attached hydrogens (tertiary/aromatic N) is 1. The summed E-state index contributed by atoms with van der Waals surface area (Å²) < 4.78 is 18.6. The van der Waals surface area contributed by atoms with Gasteiger partial charge in [0.25, 0.3) is 5.91 Å². The molecule has 3 aromatic carbocycles. The van der Waals surface area contributed by atoms with Crippen LogP contribution in [0.15, 0.2) is 65.2 Å². The summed E-state index contributed by atoms with van der Waals surface area (Å²) in [6.07, 6.45) is 0. The molecule has 0 unspecified atom stereocenters. The Bertz CT molecular complexity index is 1130. The van der Waals surface area contributed by atoms with Gasteiger partial charge in [-0.1, -0.05) is 11.2 Å². The second-order valence-corrected chi connectivity index (χ2v) is 6.58. The highest BCUT2D eigenvalue weighted by Gasteiger charge is 2.14. The number of fused-ring (bicyclic) bond motifs is 1. The van der Waals surface area contributed by atoms with Crippen LogP contribution in [-0.4, -0.2) is 11.1 Å². The van der Waals surface area contributed by atoms with E-state index in [1.165, 1.54) is 12.1 Å². The maximum atomic E-state index is 13.2. The molecule has 0 atom stereocenters. The summed E-state index contributed by atoms with van der Waals surface area (Å²) in [5.74, 6) is -0.0321. The van der Waals surface area contributed by atoms with Crippen molar-refractivity contribution < 1.29 is 13.7 Å². The molecule has 0 aliphatic heterocycles. The fraction of sp³-hybridized carbons (Fsp3) is 0.0909. The molecule has 4 nitrogen and oxygen atoms in total. The predicted octanol–water partition coefficient (Wildman–Crippen LogP) is 5.50. The van der Waals surface area contributed by atoms with Gasteiger partial charge in [0.15, 0.2) is 5.76 Å². The lowest BCUT2D eigenvalue weighted by Gasteiger charge is -2.08. The van der Waals surface area contributed by atoms with Crippen molar-refractivity contribution in [2.45, 2.75) is 13.8 Å². The summed E-state index contributed by atoms with van der Waals surface area (Å²) in [5.41, 5.74) is 4.75. The van der Waals surface area contributed by atoms with Crippen molar-refractivity contribution in [3.63, 3.8) is 0 Å². The van der Waals surface area contributed by atoms with E-state index in [2.05, 4.69) is 10.5 Å². The van der Waals surface area contributed by atoms with Gasteiger partial charge in [-0.05, 0) is 79.6 Å². The first kappa shape index (κ1) is 17.0. The number of nitrogens with one attached hydrogen (secondary N) is 1. The number of carbonyl (C=O) groups is 1. The average Bonchev–Trinajstić information content (AvgIpc) is 3.04. The van der Waals surface area contributed by atoms with Gasteiger partial charge in [-0.25, -0.2) is 4.39 Å². The number of hydrogen-bond acceptors (Lipinski definition) is 3. The van der Waals surface area contributed by atoms with E-state index < -0.39 is 0 Å². The van der Waals surface area contributed by atoms with Gasteiger partial charge in [-0.3, -0.25) is 4.79 Å². The molecule has 4 aromatic rings. The van der Waals surface area contributed by atoms with Gasteiger partial charge in [0.1, 0.15) is 11.3 Å². The van der Waals surface area contributed by atoms with Gasteiger partial charge in [0.05, 0.1) is 5.39 Å². The fourth-order valence-electron chi connectivity index (χ4n) is 3.14. The second kappa shape index (κ2) is 6.68. The van der Waals surface area contributed by atoms with E-state index in [4.69, 9.17) is 4.52 Å². The molecule has 0 fully saturated rings. The van der Waals surface area contributed by atoms with Crippen LogP contribution >= 0.6 is 0 Å². The van der Waals surface area contributed by atoms with Crippen molar-refractivity contribution in [2.24, 2.45) is 0 Å². The first-order valence-corrected chi connectivity index (χ1v) is 8.54. The highest BCUT2D eigenvalue weighted by Crippen LogP contribution is 2.29. The molecule has 0 aliphatic carbocycles. The molecule has 1 amide bonds. The molecular formula is C22H17FN2O2. The number of hydrogen-bond donors (Lipinski definition) is 1. The maximum Gasteiger partial charge on any atom is 0.255 e. The van der Waals surface area contributed by atoms with Crippen molar-refractivity contribution in [1.82, 2.24) is 5.16 Å². The average molecular weight is 360 g/mol. The second-order valence-electron chi connectivity index (χ2n) is 6.58. The molecule has 4 rings (SSSR count). The topological polar surface area (TPSA) is 55.1 Å². The monoisotopic (exact) mass is 360 g/mol. The van der Waals surface area contributed by atoms with Gasteiger partial charge >= 0.3 is 0 Å². The Morgan fingerprint density at radius 3 is 2.37 bits per heavy atom. The zero-order valence-electron chi connectivity index (χ0n) is 14.9. The Morgan fingerprint density at radius 1 is 0.963 bits per heavy atom. The van der Waals surface area contributed by atoms with Crippen LogP contribution in [0, 0.1) is 19.7 Å². The van der Waals surface area contributed by atoms with Crippen LogP contribution in [0.3, 0.4) is 0 Å². The number of amides is 1. The number of rotatable bonds is 3. The Hall–Kier alpha value is -3.47. The third kappa shape index (κ3) is 3.44. The minimum Gasteiger partial charge on any atom is -0.355 e. The fourth-order valence-corrected chi connectivity index (χ4v) is 3.14. The van der Waals surface area contributed by atoms with Crippen molar-refractivity contribution in [1.29, 1.82) is 0 Å². The molecule has 0 saturated carbocycles.